The Morgan fingerprint density at radius 2 is 0.575 bits per heavy atom. The van der Waals surface area contributed by atoms with Crippen molar-refractivity contribution < 1.29 is 28.6 Å². The second kappa shape index (κ2) is 61.1. The number of carbonyl (C=O) groups excluding carboxylic acids is 3. The van der Waals surface area contributed by atoms with Crippen molar-refractivity contribution in [1.82, 2.24) is 0 Å². The quantitative estimate of drug-likeness (QED) is 0.0261. The number of hydrogen-bond donors (Lipinski definition) is 0. The zero-order chi connectivity index (χ0) is 52.9. The lowest BCUT2D eigenvalue weighted by atomic mass is 10.0. The maximum Gasteiger partial charge on any atom is 0.310 e. The molecule has 0 heterocycles. The summed E-state index contributed by atoms with van der Waals surface area (Å²) in [6.07, 6.45) is 80.5. The first-order valence-corrected chi connectivity index (χ1v) is 31.1. The van der Waals surface area contributed by atoms with Crippen molar-refractivity contribution in [2.75, 3.05) is 13.2 Å². The van der Waals surface area contributed by atoms with Crippen molar-refractivity contribution >= 4 is 17.9 Å². The lowest BCUT2D eigenvalue weighted by molar-refractivity contribution is -0.166. The maximum absolute atomic E-state index is 12.8. The summed E-state index contributed by atoms with van der Waals surface area (Å²) in [7, 11) is 0. The van der Waals surface area contributed by atoms with E-state index in [4.69, 9.17) is 14.2 Å². The Hall–Kier alpha value is -3.41. The van der Waals surface area contributed by atoms with Crippen molar-refractivity contribution in [2.24, 2.45) is 0 Å². The summed E-state index contributed by atoms with van der Waals surface area (Å²) in [4.78, 5) is 38.1. The minimum absolute atomic E-state index is 0.0947. The fraction of sp³-hybridized carbons (Fsp3) is 0.746. The molecule has 0 aromatic heterocycles. The van der Waals surface area contributed by atoms with Crippen LogP contribution in [0.3, 0.4) is 0 Å². The van der Waals surface area contributed by atoms with Gasteiger partial charge in [-0.15, -0.1) is 0 Å². The van der Waals surface area contributed by atoms with Gasteiger partial charge in [-0.1, -0.05) is 292 Å². The van der Waals surface area contributed by atoms with E-state index in [-0.39, 0.29) is 31.6 Å². The van der Waals surface area contributed by atoms with Crippen LogP contribution < -0.4 is 0 Å². The molecule has 0 saturated heterocycles. The first-order valence-electron chi connectivity index (χ1n) is 31.1. The van der Waals surface area contributed by atoms with Crippen molar-refractivity contribution in [3.63, 3.8) is 0 Å². The van der Waals surface area contributed by atoms with E-state index >= 15 is 0 Å². The second-order valence-corrected chi connectivity index (χ2v) is 20.6. The molecular formula is C67H116O6. The molecule has 0 saturated carbocycles. The molecule has 420 valence electrons. The van der Waals surface area contributed by atoms with Gasteiger partial charge in [-0.05, 0) is 77.0 Å². The van der Waals surface area contributed by atoms with Gasteiger partial charge >= 0.3 is 17.9 Å². The highest BCUT2D eigenvalue weighted by Crippen LogP contribution is 2.17. The fourth-order valence-corrected chi connectivity index (χ4v) is 8.79. The van der Waals surface area contributed by atoms with E-state index < -0.39 is 12.1 Å². The molecule has 0 aromatic rings. The minimum atomic E-state index is -0.836. The number of unbranched alkanes of at least 4 members (excludes halogenated alkanes) is 32. The highest BCUT2D eigenvalue weighted by atomic mass is 16.6. The molecule has 0 aliphatic rings. The Kier molecular flexibility index (Phi) is 58.3. The molecule has 6 nitrogen and oxygen atoms in total. The zero-order valence-corrected chi connectivity index (χ0v) is 48.1. The molecule has 0 fully saturated rings. The molecule has 0 aromatic carbocycles. The molecule has 0 aliphatic heterocycles. The van der Waals surface area contributed by atoms with E-state index in [1.165, 1.54) is 167 Å². The minimum Gasteiger partial charge on any atom is -0.462 e. The highest BCUT2D eigenvalue weighted by Gasteiger charge is 2.19. The van der Waals surface area contributed by atoms with Crippen LogP contribution in [0.5, 0.6) is 0 Å². The summed E-state index contributed by atoms with van der Waals surface area (Å²) in [6, 6.07) is 0. The monoisotopic (exact) mass is 1020 g/mol. The smallest absolute Gasteiger partial charge is 0.310 e. The zero-order valence-electron chi connectivity index (χ0n) is 48.1. The van der Waals surface area contributed by atoms with Crippen LogP contribution in [0.4, 0.5) is 0 Å². The van der Waals surface area contributed by atoms with Gasteiger partial charge in [0.15, 0.2) is 6.10 Å². The Labute approximate surface area is 452 Å². The van der Waals surface area contributed by atoms with Crippen LogP contribution in [0.15, 0.2) is 85.1 Å². The summed E-state index contributed by atoms with van der Waals surface area (Å²) >= 11 is 0. The van der Waals surface area contributed by atoms with Gasteiger partial charge in [0, 0.05) is 12.8 Å². The number of carbonyl (C=O) groups is 3. The molecular weight excluding hydrogens is 901 g/mol. The van der Waals surface area contributed by atoms with Gasteiger partial charge in [0.05, 0.1) is 6.42 Å². The molecule has 1 atom stereocenters. The predicted molar refractivity (Wildman–Crippen MR) is 316 cm³/mol. The van der Waals surface area contributed by atoms with Crippen LogP contribution in [0.25, 0.3) is 0 Å². The molecule has 0 bridgehead atoms. The van der Waals surface area contributed by atoms with Crippen LogP contribution in [-0.2, 0) is 28.6 Å². The summed E-state index contributed by atoms with van der Waals surface area (Å²) in [5, 5.41) is 0. The molecule has 1 unspecified atom stereocenters. The van der Waals surface area contributed by atoms with Gasteiger partial charge in [-0.2, -0.15) is 0 Å². The van der Waals surface area contributed by atoms with Gasteiger partial charge in [0.1, 0.15) is 13.2 Å². The first-order chi connectivity index (χ1) is 36.0. The van der Waals surface area contributed by atoms with Crippen LogP contribution in [0, 0.1) is 0 Å². The van der Waals surface area contributed by atoms with E-state index in [0.29, 0.717) is 12.8 Å². The van der Waals surface area contributed by atoms with Crippen molar-refractivity contribution in [3.8, 4) is 0 Å². The standard InChI is InChI=1S/C67H116O6/c1-4-7-10-13-16-19-22-25-28-29-30-31-32-33-34-35-36-37-40-42-45-48-51-54-57-60-66(69)72-63-64(73-67(70)61-58-55-52-49-46-43-39-27-24-21-18-15-12-9-6-3)62-71-65(68)59-56-53-50-47-44-41-38-26-23-20-17-14-11-8-5-2/h9,12,17-18,20-21,26-27,38-39,46,49,55,58,64H,4-8,10-11,13-16,19,22-25,28-37,40-45,47-48,50-54,56-57,59-63H2,1-3H3/b12-9-,20-17-,21-18-,38-26-,39-27-,49-46-,58-55-. The van der Waals surface area contributed by atoms with Gasteiger partial charge in [0.25, 0.3) is 0 Å². The normalized spacial score (nSPS) is 12.6. The van der Waals surface area contributed by atoms with Crippen LogP contribution in [-0.4, -0.2) is 37.2 Å². The van der Waals surface area contributed by atoms with Crippen LogP contribution in [0.1, 0.15) is 303 Å². The third kappa shape index (κ3) is 59.3. The SMILES string of the molecule is CC/C=C\C/C=C\C/C=C\C/C=C\C/C=C\CC(=O)OC(COC(=O)CCCCCCC/C=C\C/C=C\CCCCC)COC(=O)CCCCCCCCCCCCCCCCCCCCCCCCCCC. The molecule has 0 radical (unpaired) electrons. The van der Waals surface area contributed by atoms with Crippen molar-refractivity contribution in [2.45, 2.75) is 309 Å². The van der Waals surface area contributed by atoms with Gasteiger partial charge < -0.3 is 14.2 Å². The molecule has 0 rings (SSSR count). The Bertz CT molecular complexity index is 1400. The van der Waals surface area contributed by atoms with Gasteiger partial charge in [-0.25, -0.2) is 0 Å². The molecule has 0 N–H and O–H groups in total. The Balaban J connectivity index is 4.35. The number of allylic oxidation sites excluding steroid dienone is 13. The topological polar surface area (TPSA) is 78.9 Å². The molecule has 0 spiro atoms. The number of ether oxygens (including phenoxy) is 3. The maximum atomic E-state index is 12.8. The number of rotatable bonds is 56. The van der Waals surface area contributed by atoms with E-state index in [2.05, 4.69) is 93.7 Å². The second-order valence-electron chi connectivity index (χ2n) is 20.6. The van der Waals surface area contributed by atoms with E-state index in [9.17, 15) is 14.4 Å². The third-order valence-electron chi connectivity index (χ3n) is 13.4. The number of esters is 3. The third-order valence-corrected chi connectivity index (χ3v) is 13.4. The molecule has 0 aliphatic carbocycles. The summed E-state index contributed by atoms with van der Waals surface area (Å²) < 4.78 is 16.8. The van der Waals surface area contributed by atoms with E-state index in [1.807, 2.05) is 6.08 Å². The van der Waals surface area contributed by atoms with E-state index in [1.54, 1.807) is 6.08 Å². The fourth-order valence-electron chi connectivity index (χ4n) is 8.79. The lowest BCUT2D eigenvalue weighted by Gasteiger charge is -2.18. The van der Waals surface area contributed by atoms with Crippen molar-refractivity contribution in [3.05, 3.63) is 85.1 Å². The van der Waals surface area contributed by atoms with Crippen molar-refractivity contribution in [1.29, 1.82) is 0 Å². The molecule has 6 heteroatoms. The summed E-state index contributed by atoms with van der Waals surface area (Å²) in [5.41, 5.74) is 0. The average Bonchev–Trinajstić information content (AvgIpc) is 3.39. The summed E-state index contributed by atoms with van der Waals surface area (Å²) in [5.74, 6) is -1.05. The lowest BCUT2D eigenvalue weighted by Crippen LogP contribution is -2.30. The van der Waals surface area contributed by atoms with Crippen LogP contribution in [0.2, 0.25) is 0 Å². The largest absolute Gasteiger partial charge is 0.462 e. The summed E-state index contributed by atoms with van der Waals surface area (Å²) in [6.45, 7) is 6.43. The average molecular weight is 1020 g/mol. The molecule has 0 amide bonds. The Morgan fingerprint density at radius 1 is 0.301 bits per heavy atom. The number of hydrogen-bond acceptors (Lipinski definition) is 6. The van der Waals surface area contributed by atoms with E-state index in [0.717, 1.165) is 96.3 Å². The first kappa shape index (κ1) is 69.6. The predicted octanol–water partition coefficient (Wildman–Crippen LogP) is 21.1. The van der Waals surface area contributed by atoms with Gasteiger partial charge in [0.2, 0.25) is 0 Å². The molecule has 73 heavy (non-hydrogen) atoms. The van der Waals surface area contributed by atoms with Crippen LogP contribution >= 0.6 is 0 Å². The Morgan fingerprint density at radius 3 is 0.932 bits per heavy atom. The highest BCUT2D eigenvalue weighted by molar-refractivity contribution is 5.72. The van der Waals surface area contributed by atoms with Gasteiger partial charge in [-0.3, -0.25) is 14.4 Å².